The minimum atomic E-state index is 0.655. The van der Waals surface area contributed by atoms with E-state index in [-0.39, 0.29) is 0 Å². The molecule has 2 nitrogen and oxygen atoms in total. The Balaban J connectivity index is 2.20. The molecule has 0 radical (unpaired) electrons. The fourth-order valence-electron chi connectivity index (χ4n) is 2.42. The summed E-state index contributed by atoms with van der Waals surface area (Å²) in [5.41, 5.74) is 5.57. The van der Waals surface area contributed by atoms with Crippen LogP contribution in [0.25, 0.3) is 0 Å². The molecule has 1 aliphatic carbocycles. The Hall–Kier alpha value is -0.0800. The highest BCUT2D eigenvalue weighted by molar-refractivity contribution is 4.72. The van der Waals surface area contributed by atoms with Crippen molar-refractivity contribution < 1.29 is 0 Å². The Bertz CT molecular complexity index is 141. The van der Waals surface area contributed by atoms with E-state index >= 15 is 0 Å². The average molecular weight is 198 g/mol. The van der Waals surface area contributed by atoms with Crippen LogP contribution in [0.4, 0.5) is 0 Å². The van der Waals surface area contributed by atoms with Crippen LogP contribution >= 0.6 is 0 Å². The maximum atomic E-state index is 5.57. The van der Waals surface area contributed by atoms with E-state index in [0.29, 0.717) is 6.04 Å². The highest BCUT2D eigenvalue weighted by Crippen LogP contribution is 2.24. The van der Waals surface area contributed by atoms with Crippen LogP contribution in [-0.4, -0.2) is 31.1 Å². The molecule has 1 aliphatic rings. The number of hydrogen-bond donors (Lipinski definition) is 1. The van der Waals surface area contributed by atoms with Crippen molar-refractivity contribution in [3.63, 3.8) is 0 Å². The van der Waals surface area contributed by atoms with Crippen LogP contribution in [0.5, 0.6) is 0 Å². The van der Waals surface area contributed by atoms with E-state index < -0.39 is 0 Å². The zero-order valence-electron chi connectivity index (χ0n) is 9.84. The lowest BCUT2D eigenvalue weighted by molar-refractivity contribution is 0.186. The second-order valence-electron chi connectivity index (χ2n) is 4.87. The molecule has 0 heterocycles. The van der Waals surface area contributed by atoms with Crippen molar-refractivity contribution >= 4 is 0 Å². The molecule has 14 heavy (non-hydrogen) atoms. The van der Waals surface area contributed by atoms with E-state index in [1.807, 2.05) is 0 Å². The fourth-order valence-corrected chi connectivity index (χ4v) is 2.42. The van der Waals surface area contributed by atoms with Gasteiger partial charge in [-0.3, -0.25) is 0 Å². The van der Waals surface area contributed by atoms with Gasteiger partial charge >= 0.3 is 0 Å². The molecule has 2 N–H and O–H groups in total. The topological polar surface area (TPSA) is 29.3 Å². The van der Waals surface area contributed by atoms with Crippen LogP contribution < -0.4 is 5.73 Å². The summed E-state index contributed by atoms with van der Waals surface area (Å²) in [6, 6.07) is 0.655. The second-order valence-corrected chi connectivity index (χ2v) is 4.87. The van der Waals surface area contributed by atoms with Gasteiger partial charge < -0.3 is 10.6 Å². The van der Waals surface area contributed by atoms with Gasteiger partial charge in [-0.15, -0.1) is 0 Å². The maximum absolute atomic E-state index is 5.57. The first-order valence-electron chi connectivity index (χ1n) is 6.14. The molecule has 0 aromatic rings. The summed E-state index contributed by atoms with van der Waals surface area (Å²) in [6.45, 7) is 4.38. The summed E-state index contributed by atoms with van der Waals surface area (Å²) in [5.74, 6) is 0.953. The second kappa shape index (κ2) is 6.41. The van der Waals surface area contributed by atoms with E-state index in [1.54, 1.807) is 0 Å². The highest BCUT2D eigenvalue weighted by atomic mass is 15.1. The summed E-state index contributed by atoms with van der Waals surface area (Å²) in [4.78, 5) is 2.49. The minimum absolute atomic E-state index is 0.655. The summed E-state index contributed by atoms with van der Waals surface area (Å²) < 4.78 is 0. The standard InChI is InChI=1S/C12H26N2/c1-11(8-9-13)14(2)10-12-6-4-3-5-7-12/h11-12H,3-10,13H2,1-2H3. The smallest absolute Gasteiger partial charge is 0.00760 e. The van der Waals surface area contributed by atoms with E-state index in [1.165, 1.54) is 38.6 Å². The van der Waals surface area contributed by atoms with Gasteiger partial charge in [0.2, 0.25) is 0 Å². The van der Waals surface area contributed by atoms with Gasteiger partial charge in [0, 0.05) is 12.6 Å². The molecule has 0 saturated heterocycles. The Morgan fingerprint density at radius 2 is 1.93 bits per heavy atom. The third kappa shape index (κ3) is 3.97. The van der Waals surface area contributed by atoms with Gasteiger partial charge in [0.1, 0.15) is 0 Å². The van der Waals surface area contributed by atoms with Crippen LogP contribution in [0, 0.1) is 5.92 Å². The molecule has 1 rings (SSSR count). The van der Waals surface area contributed by atoms with Crippen molar-refractivity contribution in [3.8, 4) is 0 Å². The quantitative estimate of drug-likeness (QED) is 0.734. The van der Waals surface area contributed by atoms with Gasteiger partial charge in [-0.2, -0.15) is 0 Å². The Labute approximate surface area is 88.8 Å². The van der Waals surface area contributed by atoms with Gasteiger partial charge in [-0.1, -0.05) is 19.3 Å². The molecule has 1 atom stereocenters. The molecule has 0 bridgehead atoms. The molecule has 1 unspecified atom stereocenters. The zero-order chi connectivity index (χ0) is 10.4. The van der Waals surface area contributed by atoms with Crippen molar-refractivity contribution in [1.29, 1.82) is 0 Å². The van der Waals surface area contributed by atoms with Gasteiger partial charge in [-0.25, -0.2) is 0 Å². The number of rotatable bonds is 5. The van der Waals surface area contributed by atoms with Crippen LogP contribution in [0.15, 0.2) is 0 Å². The van der Waals surface area contributed by atoms with E-state index in [4.69, 9.17) is 5.73 Å². The van der Waals surface area contributed by atoms with Crippen molar-refractivity contribution in [2.24, 2.45) is 11.7 Å². The van der Waals surface area contributed by atoms with Crippen LogP contribution in [0.3, 0.4) is 0 Å². The molecule has 0 aliphatic heterocycles. The maximum Gasteiger partial charge on any atom is 0.00760 e. The van der Waals surface area contributed by atoms with Gasteiger partial charge in [0.25, 0.3) is 0 Å². The van der Waals surface area contributed by atoms with Crippen LogP contribution in [-0.2, 0) is 0 Å². The first kappa shape index (κ1) is 12.0. The molecule has 0 aromatic carbocycles. The highest BCUT2D eigenvalue weighted by Gasteiger charge is 2.17. The average Bonchev–Trinajstić information content (AvgIpc) is 2.19. The van der Waals surface area contributed by atoms with Crippen molar-refractivity contribution in [2.45, 2.75) is 51.5 Å². The molecule has 1 saturated carbocycles. The fraction of sp³-hybridized carbons (Fsp3) is 1.00. The molecule has 1 fully saturated rings. The van der Waals surface area contributed by atoms with Gasteiger partial charge in [0.05, 0.1) is 0 Å². The molecule has 2 heteroatoms. The SMILES string of the molecule is CC(CCN)N(C)CC1CCCCC1. The third-order valence-electron chi connectivity index (χ3n) is 3.61. The molecule has 84 valence electrons. The predicted molar refractivity (Wildman–Crippen MR) is 62.3 cm³/mol. The molecule has 0 spiro atoms. The first-order chi connectivity index (χ1) is 6.74. The predicted octanol–water partition coefficient (Wildman–Crippen LogP) is 2.24. The van der Waals surface area contributed by atoms with Crippen molar-refractivity contribution in [2.75, 3.05) is 20.1 Å². The van der Waals surface area contributed by atoms with Crippen LogP contribution in [0.1, 0.15) is 45.4 Å². The van der Waals surface area contributed by atoms with E-state index in [2.05, 4.69) is 18.9 Å². The summed E-state index contributed by atoms with van der Waals surface area (Å²) in [7, 11) is 2.24. The monoisotopic (exact) mass is 198 g/mol. The third-order valence-corrected chi connectivity index (χ3v) is 3.61. The molecular weight excluding hydrogens is 172 g/mol. The number of nitrogens with zero attached hydrogens (tertiary/aromatic N) is 1. The van der Waals surface area contributed by atoms with E-state index in [0.717, 1.165) is 18.9 Å². The lowest BCUT2D eigenvalue weighted by Crippen LogP contribution is -2.35. The Morgan fingerprint density at radius 1 is 1.29 bits per heavy atom. The molecular formula is C12H26N2. The van der Waals surface area contributed by atoms with Crippen molar-refractivity contribution in [3.05, 3.63) is 0 Å². The summed E-state index contributed by atoms with van der Waals surface area (Å²) in [6.07, 6.45) is 8.37. The Kier molecular flexibility index (Phi) is 5.49. The Morgan fingerprint density at radius 3 is 2.50 bits per heavy atom. The zero-order valence-corrected chi connectivity index (χ0v) is 9.84. The number of nitrogens with two attached hydrogens (primary N) is 1. The lowest BCUT2D eigenvalue weighted by atomic mass is 9.89. The molecule has 0 amide bonds. The lowest BCUT2D eigenvalue weighted by Gasteiger charge is -2.30. The summed E-state index contributed by atoms with van der Waals surface area (Å²) in [5, 5.41) is 0. The van der Waals surface area contributed by atoms with Crippen molar-refractivity contribution in [1.82, 2.24) is 4.90 Å². The first-order valence-corrected chi connectivity index (χ1v) is 6.14. The normalized spacial score (nSPS) is 21.4. The van der Waals surface area contributed by atoms with E-state index in [9.17, 15) is 0 Å². The van der Waals surface area contributed by atoms with Gasteiger partial charge in [-0.05, 0) is 45.7 Å². The summed E-state index contributed by atoms with van der Waals surface area (Å²) >= 11 is 0. The van der Waals surface area contributed by atoms with Gasteiger partial charge in [0.15, 0.2) is 0 Å². The number of hydrogen-bond acceptors (Lipinski definition) is 2. The molecule has 0 aromatic heterocycles. The van der Waals surface area contributed by atoms with Crippen LogP contribution in [0.2, 0.25) is 0 Å². The minimum Gasteiger partial charge on any atom is -0.330 e. The largest absolute Gasteiger partial charge is 0.330 e.